The first-order valence-electron chi connectivity index (χ1n) is 7.14. The summed E-state index contributed by atoms with van der Waals surface area (Å²) < 4.78 is 4.99. The van der Waals surface area contributed by atoms with Gasteiger partial charge in [-0.25, -0.2) is 14.8 Å². The molecule has 23 heavy (non-hydrogen) atoms. The van der Waals surface area contributed by atoms with E-state index in [4.69, 9.17) is 10.5 Å². The number of nitrogens with zero attached hydrogens (tertiary/aromatic N) is 2. The highest BCUT2D eigenvalue weighted by molar-refractivity contribution is 5.94. The van der Waals surface area contributed by atoms with Crippen LogP contribution in [0.15, 0.2) is 30.5 Å². The molecular formula is C16H18N4O3. The van der Waals surface area contributed by atoms with Gasteiger partial charge in [0.25, 0.3) is 0 Å². The monoisotopic (exact) mass is 314 g/mol. The van der Waals surface area contributed by atoms with E-state index >= 15 is 0 Å². The topological polar surface area (TPSA) is 107 Å². The smallest absolute Gasteiger partial charge is 0.343 e. The van der Waals surface area contributed by atoms with Crippen molar-refractivity contribution in [2.45, 2.75) is 20.4 Å². The third-order valence-electron chi connectivity index (χ3n) is 3.10. The van der Waals surface area contributed by atoms with E-state index in [1.165, 1.54) is 6.20 Å². The number of ether oxygens (including phenoxy) is 1. The van der Waals surface area contributed by atoms with Crippen molar-refractivity contribution in [2.24, 2.45) is 5.73 Å². The van der Waals surface area contributed by atoms with Gasteiger partial charge in [0, 0.05) is 18.3 Å². The van der Waals surface area contributed by atoms with Crippen molar-refractivity contribution >= 4 is 17.7 Å². The van der Waals surface area contributed by atoms with Gasteiger partial charge >= 0.3 is 5.97 Å². The molecule has 1 amide bonds. The van der Waals surface area contributed by atoms with Crippen molar-refractivity contribution < 1.29 is 14.3 Å². The summed E-state index contributed by atoms with van der Waals surface area (Å²) in [6.07, 6.45) is 1.44. The molecule has 0 spiro atoms. The number of carbonyl (C=O) groups excluding carboxylic acids is 2. The first-order valence-corrected chi connectivity index (χ1v) is 7.14. The van der Waals surface area contributed by atoms with Crippen LogP contribution >= 0.6 is 0 Å². The summed E-state index contributed by atoms with van der Waals surface area (Å²) in [6.45, 7) is 4.19. The summed E-state index contributed by atoms with van der Waals surface area (Å²) in [7, 11) is 0. The highest BCUT2D eigenvalue weighted by Crippen LogP contribution is 2.15. The maximum absolute atomic E-state index is 11.9. The fourth-order valence-electron chi connectivity index (χ4n) is 1.94. The van der Waals surface area contributed by atoms with Crippen LogP contribution in [0.5, 0.6) is 0 Å². The number of nitrogens with one attached hydrogen (secondary N) is 1. The Hall–Kier alpha value is -2.96. The van der Waals surface area contributed by atoms with Crippen molar-refractivity contribution in [3.05, 3.63) is 53.0 Å². The number of anilines is 1. The quantitative estimate of drug-likeness (QED) is 0.785. The molecular weight excluding hydrogens is 296 g/mol. The van der Waals surface area contributed by atoms with Crippen LogP contribution in [0, 0.1) is 6.92 Å². The number of hydrogen-bond acceptors (Lipinski definition) is 6. The predicted octanol–water partition coefficient (Wildman–Crippen LogP) is 1.67. The maximum atomic E-state index is 11.9. The standard InChI is InChI=1S/C16H18N4O3/c1-3-23-16(22)13-9-18-10(2)20-15(13)19-8-11-4-6-12(7-5-11)14(17)21/h4-7,9H,3,8H2,1-2H3,(H2,17,21)(H,18,19,20). The summed E-state index contributed by atoms with van der Waals surface area (Å²) in [5.74, 6) is 0.0131. The third kappa shape index (κ3) is 4.26. The average Bonchev–Trinajstić information content (AvgIpc) is 2.53. The van der Waals surface area contributed by atoms with Gasteiger partial charge < -0.3 is 15.8 Å². The fourth-order valence-corrected chi connectivity index (χ4v) is 1.94. The molecule has 7 heteroatoms. The number of benzene rings is 1. The van der Waals surface area contributed by atoms with E-state index in [0.717, 1.165) is 5.56 Å². The molecule has 0 aliphatic rings. The van der Waals surface area contributed by atoms with Gasteiger partial charge in [0.05, 0.1) is 6.61 Å². The van der Waals surface area contributed by atoms with Crippen LogP contribution in [-0.2, 0) is 11.3 Å². The minimum absolute atomic E-state index is 0.279. The lowest BCUT2D eigenvalue weighted by molar-refractivity contribution is 0.0526. The molecule has 1 aromatic carbocycles. The molecule has 0 bridgehead atoms. The summed E-state index contributed by atoms with van der Waals surface area (Å²) in [4.78, 5) is 31.2. The lowest BCUT2D eigenvalue weighted by Crippen LogP contribution is -2.13. The molecule has 0 aliphatic heterocycles. The molecule has 0 unspecified atom stereocenters. The highest BCUT2D eigenvalue weighted by atomic mass is 16.5. The second-order valence-electron chi connectivity index (χ2n) is 4.81. The van der Waals surface area contributed by atoms with E-state index in [-0.39, 0.29) is 12.2 Å². The summed E-state index contributed by atoms with van der Waals surface area (Å²) in [5, 5.41) is 3.09. The molecule has 0 saturated heterocycles. The number of amides is 1. The molecule has 0 atom stereocenters. The van der Waals surface area contributed by atoms with Gasteiger partial charge in [-0.1, -0.05) is 12.1 Å². The number of aromatic nitrogens is 2. The third-order valence-corrected chi connectivity index (χ3v) is 3.10. The van der Waals surface area contributed by atoms with Crippen LogP contribution in [0.2, 0.25) is 0 Å². The number of nitrogens with two attached hydrogens (primary N) is 1. The van der Waals surface area contributed by atoms with Gasteiger partial charge in [-0.15, -0.1) is 0 Å². The van der Waals surface area contributed by atoms with E-state index in [0.29, 0.717) is 23.8 Å². The Morgan fingerprint density at radius 3 is 2.57 bits per heavy atom. The van der Waals surface area contributed by atoms with Crippen molar-refractivity contribution in [2.75, 3.05) is 11.9 Å². The summed E-state index contributed by atoms with van der Waals surface area (Å²) in [6, 6.07) is 6.87. The predicted molar refractivity (Wildman–Crippen MR) is 85.0 cm³/mol. The Labute approximate surface area is 133 Å². The fraction of sp³-hybridized carbons (Fsp3) is 0.250. The van der Waals surface area contributed by atoms with Crippen LogP contribution in [0.4, 0.5) is 5.82 Å². The summed E-state index contributed by atoms with van der Waals surface area (Å²) in [5.41, 5.74) is 6.85. The zero-order valence-electron chi connectivity index (χ0n) is 13.0. The molecule has 2 rings (SSSR count). The lowest BCUT2D eigenvalue weighted by atomic mass is 10.1. The second kappa shape index (κ2) is 7.35. The van der Waals surface area contributed by atoms with E-state index in [1.807, 2.05) is 0 Å². The molecule has 0 fully saturated rings. The number of esters is 1. The van der Waals surface area contributed by atoms with Gasteiger partial charge in [-0.05, 0) is 31.5 Å². The Morgan fingerprint density at radius 2 is 1.96 bits per heavy atom. The normalized spacial score (nSPS) is 10.2. The van der Waals surface area contributed by atoms with Crippen molar-refractivity contribution in [1.29, 1.82) is 0 Å². The van der Waals surface area contributed by atoms with Gasteiger partial charge in [0.15, 0.2) is 0 Å². The minimum Gasteiger partial charge on any atom is -0.462 e. The molecule has 0 radical (unpaired) electrons. The molecule has 0 saturated carbocycles. The molecule has 3 N–H and O–H groups in total. The Balaban J connectivity index is 2.14. The van der Waals surface area contributed by atoms with E-state index in [2.05, 4.69) is 15.3 Å². The number of hydrogen-bond donors (Lipinski definition) is 2. The van der Waals surface area contributed by atoms with Crippen LogP contribution in [0.25, 0.3) is 0 Å². The highest BCUT2D eigenvalue weighted by Gasteiger charge is 2.15. The molecule has 120 valence electrons. The van der Waals surface area contributed by atoms with Crippen LogP contribution in [0.1, 0.15) is 39.0 Å². The molecule has 7 nitrogen and oxygen atoms in total. The van der Waals surface area contributed by atoms with Crippen molar-refractivity contribution in [3.8, 4) is 0 Å². The largest absolute Gasteiger partial charge is 0.462 e. The Morgan fingerprint density at radius 1 is 1.26 bits per heavy atom. The van der Waals surface area contributed by atoms with Crippen molar-refractivity contribution in [3.63, 3.8) is 0 Å². The number of rotatable bonds is 6. The van der Waals surface area contributed by atoms with Gasteiger partial charge in [0.1, 0.15) is 17.2 Å². The SMILES string of the molecule is CCOC(=O)c1cnc(C)nc1NCc1ccc(C(N)=O)cc1. The van der Waals surface area contributed by atoms with Crippen LogP contribution < -0.4 is 11.1 Å². The maximum Gasteiger partial charge on any atom is 0.343 e. The zero-order valence-corrected chi connectivity index (χ0v) is 13.0. The number of primary amides is 1. The Bertz CT molecular complexity index is 714. The molecule has 2 aromatic rings. The number of aryl methyl sites for hydroxylation is 1. The van der Waals surface area contributed by atoms with Gasteiger partial charge in [-0.2, -0.15) is 0 Å². The average molecular weight is 314 g/mol. The van der Waals surface area contributed by atoms with Gasteiger partial charge in [0.2, 0.25) is 5.91 Å². The lowest BCUT2D eigenvalue weighted by Gasteiger charge is -2.11. The van der Waals surface area contributed by atoms with Crippen molar-refractivity contribution in [1.82, 2.24) is 9.97 Å². The minimum atomic E-state index is -0.473. The Kier molecular flexibility index (Phi) is 5.24. The molecule has 1 aromatic heterocycles. The van der Waals surface area contributed by atoms with E-state index in [1.54, 1.807) is 38.1 Å². The first-order chi connectivity index (χ1) is 11.0. The van der Waals surface area contributed by atoms with E-state index < -0.39 is 11.9 Å². The van der Waals surface area contributed by atoms with Gasteiger partial charge in [-0.3, -0.25) is 4.79 Å². The van der Waals surface area contributed by atoms with Crippen LogP contribution in [-0.4, -0.2) is 28.5 Å². The molecule has 0 aliphatic carbocycles. The summed E-state index contributed by atoms with van der Waals surface area (Å²) >= 11 is 0. The molecule has 1 heterocycles. The van der Waals surface area contributed by atoms with Crippen LogP contribution in [0.3, 0.4) is 0 Å². The second-order valence-corrected chi connectivity index (χ2v) is 4.81. The number of carbonyl (C=O) groups is 2. The van der Waals surface area contributed by atoms with E-state index in [9.17, 15) is 9.59 Å². The zero-order chi connectivity index (χ0) is 16.8. The first kappa shape index (κ1) is 16.4.